The van der Waals surface area contributed by atoms with Crippen molar-refractivity contribution in [1.29, 1.82) is 0 Å². The smallest absolute Gasteiger partial charge is 0.339 e. The Balaban J connectivity index is 1.74. The number of hydrogen-bond acceptors (Lipinski definition) is 7. The van der Waals surface area contributed by atoms with Crippen LogP contribution in [-0.4, -0.2) is 32.9 Å². The lowest BCUT2D eigenvalue weighted by atomic mass is 10.1. The number of carbonyl (C=O) groups excluding carboxylic acids is 3. The molecule has 1 aliphatic heterocycles. The number of barbiturate groups is 1. The highest BCUT2D eigenvalue weighted by Gasteiger charge is 2.37. The molecule has 0 unspecified atom stereocenters. The summed E-state index contributed by atoms with van der Waals surface area (Å²) in [5, 5.41) is 2.51. The van der Waals surface area contributed by atoms with Gasteiger partial charge in [0.15, 0.2) is 11.5 Å². The first-order chi connectivity index (χ1) is 18.4. The molecule has 0 aromatic heterocycles. The number of benzene rings is 3. The van der Waals surface area contributed by atoms with Crippen LogP contribution in [0.3, 0.4) is 0 Å². The van der Waals surface area contributed by atoms with Gasteiger partial charge in [0.25, 0.3) is 11.8 Å². The van der Waals surface area contributed by atoms with Crippen molar-refractivity contribution in [1.82, 2.24) is 5.32 Å². The van der Waals surface area contributed by atoms with Gasteiger partial charge in [-0.25, -0.2) is 9.69 Å². The Bertz CT molecular complexity index is 1640. The number of aryl methyl sites for hydroxylation is 1. The molecule has 1 N–H and O–H groups in total. The second-order valence-corrected chi connectivity index (χ2v) is 11.3. The quantitative estimate of drug-likeness (QED) is 0.206. The van der Waals surface area contributed by atoms with E-state index >= 15 is 0 Å². The van der Waals surface area contributed by atoms with Gasteiger partial charge in [-0.3, -0.25) is 14.9 Å². The fourth-order valence-corrected chi connectivity index (χ4v) is 5.53. The summed E-state index contributed by atoms with van der Waals surface area (Å²) < 4.78 is 37.0. The Morgan fingerprint density at radius 1 is 1.05 bits per heavy atom. The predicted molar refractivity (Wildman–Crippen MR) is 149 cm³/mol. The molecule has 4 rings (SSSR count). The molecule has 0 radical (unpaired) electrons. The molecule has 1 aliphatic rings. The zero-order chi connectivity index (χ0) is 28.5. The highest BCUT2D eigenvalue weighted by atomic mass is 79.9. The standard InChI is InChI=1S/C27H22BrClN2O7S/c1-4-37-23-14-17(13-20(28)24(23)38-39(35,36)18-10-8-15(2)9-11-18)12-19-25(32)30-27(34)31(26(19)33)22-7-5-6-21(29)16(22)3/h5-14H,4H2,1-3H3,(H,30,32,34)/b19-12+. The van der Waals surface area contributed by atoms with Crippen LogP contribution in [0.25, 0.3) is 6.08 Å². The van der Waals surface area contributed by atoms with Crippen LogP contribution in [-0.2, 0) is 19.7 Å². The average Bonchev–Trinajstić information content (AvgIpc) is 2.87. The molecule has 1 heterocycles. The van der Waals surface area contributed by atoms with Crippen molar-refractivity contribution in [3.63, 3.8) is 0 Å². The van der Waals surface area contributed by atoms with Gasteiger partial charge in [-0.2, -0.15) is 8.42 Å². The highest BCUT2D eigenvalue weighted by Crippen LogP contribution is 2.39. The van der Waals surface area contributed by atoms with Crippen molar-refractivity contribution in [2.75, 3.05) is 11.5 Å². The molecule has 4 amide bonds. The maximum Gasteiger partial charge on any atom is 0.339 e. The first-order valence-electron chi connectivity index (χ1n) is 11.6. The Morgan fingerprint density at radius 2 is 1.74 bits per heavy atom. The molecule has 9 nitrogen and oxygen atoms in total. The van der Waals surface area contributed by atoms with Crippen LogP contribution in [0.5, 0.6) is 11.5 Å². The Hall–Kier alpha value is -3.67. The molecule has 0 spiro atoms. The molecular weight excluding hydrogens is 612 g/mol. The summed E-state index contributed by atoms with van der Waals surface area (Å²) in [6.45, 7) is 5.35. The number of urea groups is 1. The number of imide groups is 2. The lowest BCUT2D eigenvalue weighted by Crippen LogP contribution is -2.54. The lowest BCUT2D eigenvalue weighted by Gasteiger charge is -2.27. The molecule has 1 saturated heterocycles. The maximum absolute atomic E-state index is 13.3. The van der Waals surface area contributed by atoms with Crippen molar-refractivity contribution < 1.29 is 31.7 Å². The molecule has 0 atom stereocenters. The van der Waals surface area contributed by atoms with Crippen LogP contribution in [0.2, 0.25) is 5.02 Å². The van der Waals surface area contributed by atoms with Gasteiger partial charge in [0, 0.05) is 5.02 Å². The Labute approximate surface area is 238 Å². The van der Waals surface area contributed by atoms with Gasteiger partial charge in [0.2, 0.25) is 0 Å². The molecule has 0 aliphatic carbocycles. The minimum absolute atomic E-state index is 0.0424. The van der Waals surface area contributed by atoms with Crippen molar-refractivity contribution in [2.45, 2.75) is 25.7 Å². The largest absolute Gasteiger partial charge is 0.490 e. The van der Waals surface area contributed by atoms with Crippen LogP contribution in [0.4, 0.5) is 10.5 Å². The summed E-state index contributed by atoms with van der Waals surface area (Å²) in [7, 11) is -4.20. The third kappa shape index (κ3) is 5.85. The number of rotatable bonds is 7. The lowest BCUT2D eigenvalue weighted by molar-refractivity contribution is -0.122. The van der Waals surface area contributed by atoms with E-state index in [0.29, 0.717) is 16.1 Å². The first-order valence-corrected chi connectivity index (χ1v) is 14.1. The Kier molecular flexibility index (Phi) is 8.15. The van der Waals surface area contributed by atoms with Crippen LogP contribution in [0.1, 0.15) is 23.6 Å². The fourth-order valence-electron chi connectivity index (χ4n) is 3.76. The summed E-state index contributed by atoms with van der Waals surface area (Å²) in [5.74, 6) is -1.80. The Morgan fingerprint density at radius 3 is 2.41 bits per heavy atom. The van der Waals surface area contributed by atoms with E-state index < -0.39 is 28.0 Å². The number of ether oxygens (including phenoxy) is 1. The SMILES string of the molecule is CCOc1cc(/C=C2\C(=O)NC(=O)N(c3cccc(Cl)c3C)C2=O)cc(Br)c1OS(=O)(=O)c1ccc(C)cc1. The van der Waals surface area contributed by atoms with Crippen LogP contribution < -0.4 is 19.1 Å². The monoisotopic (exact) mass is 632 g/mol. The summed E-state index contributed by atoms with van der Waals surface area (Å²) >= 11 is 9.48. The van der Waals surface area contributed by atoms with Gasteiger partial charge in [0.1, 0.15) is 10.5 Å². The molecular formula is C27H22BrClN2O7S. The molecule has 0 saturated carbocycles. The number of anilines is 1. The number of carbonyl (C=O) groups is 3. The molecule has 12 heteroatoms. The second-order valence-electron chi connectivity index (χ2n) is 8.46. The topological polar surface area (TPSA) is 119 Å². The van der Waals surface area contributed by atoms with E-state index in [2.05, 4.69) is 21.2 Å². The van der Waals surface area contributed by atoms with E-state index in [-0.39, 0.29) is 38.7 Å². The number of amides is 4. The van der Waals surface area contributed by atoms with Gasteiger partial charge in [-0.15, -0.1) is 0 Å². The number of nitrogens with one attached hydrogen (secondary N) is 1. The van der Waals surface area contributed by atoms with Crippen LogP contribution >= 0.6 is 27.5 Å². The summed E-state index contributed by atoms with van der Waals surface area (Å²) in [6.07, 6.45) is 1.27. The van der Waals surface area contributed by atoms with Gasteiger partial charge in [-0.05, 0) is 90.3 Å². The van der Waals surface area contributed by atoms with Crippen molar-refractivity contribution in [3.8, 4) is 11.5 Å². The van der Waals surface area contributed by atoms with Crippen LogP contribution in [0, 0.1) is 13.8 Å². The highest BCUT2D eigenvalue weighted by molar-refractivity contribution is 9.10. The first kappa shape index (κ1) is 28.3. The molecule has 202 valence electrons. The third-order valence-electron chi connectivity index (χ3n) is 5.73. The van der Waals surface area contributed by atoms with Crippen molar-refractivity contribution in [3.05, 3.63) is 86.4 Å². The van der Waals surface area contributed by atoms with E-state index in [1.807, 2.05) is 6.92 Å². The number of hydrogen-bond donors (Lipinski definition) is 1. The molecule has 3 aromatic rings. The summed E-state index contributed by atoms with van der Waals surface area (Å²) in [6, 6.07) is 12.9. The zero-order valence-corrected chi connectivity index (χ0v) is 24.1. The van der Waals surface area contributed by atoms with Gasteiger partial charge in [-0.1, -0.05) is 35.4 Å². The minimum Gasteiger partial charge on any atom is -0.490 e. The van der Waals surface area contributed by atoms with Gasteiger partial charge >= 0.3 is 16.1 Å². The van der Waals surface area contributed by atoms with Crippen molar-refractivity contribution >= 4 is 67.3 Å². The van der Waals surface area contributed by atoms with Crippen molar-refractivity contribution in [2.24, 2.45) is 0 Å². The van der Waals surface area contributed by atoms with E-state index in [0.717, 1.165) is 10.5 Å². The van der Waals surface area contributed by atoms with E-state index in [1.165, 1.54) is 36.4 Å². The van der Waals surface area contributed by atoms with E-state index in [1.54, 1.807) is 38.1 Å². The predicted octanol–water partition coefficient (Wildman–Crippen LogP) is 5.55. The normalized spacial score (nSPS) is 14.9. The van der Waals surface area contributed by atoms with Gasteiger partial charge < -0.3 is 8.92 Å². The molecule has 1 fully saturated rings. The fraction of sp³-hybridized carbons (Fsp3) is 0.148. The van der Waals surface area contributed by atoms with E-state index in [4.69, 9.17) is 20.5 Å². The second kappa shape index (κ2) is 11.2. The average molecular weight is 634 g/mol. The summed E-state index contributed by atoms with van der Waals surface area (Å²) in [4.78, 5) is 39.4. The summed E-state index contributed by atoms with van der Waals surface area (Å²) in [5.41, 5.74) is 1.57. The number of halogens is 2. The third-order valence-corrected chi connectivity index (χ3v) is 7.96. The van der Waals surface area contributed by atoms with Gasteiger partial charge in [0.05, 0.1) is 16.8 Å². The molecule has 39 heavy (non-hydrogen) atoms. The number of nitrogens with zero attached hydrogens (tertiary/aromatic N) is 1. The zero-order valence-electron chi connectivity index (χ0n) is 20.9. The maximum atomic E-state index is 13.3. The molecule has 3 aromatic carbocycles. The minimum atomic E-state index is -4.20. The molecule has 0 bridgehead atoms. The van der Waals surface area contributed by atoms with Crippen LogP contribution in [0.15, 0.2) is 69.5 Å². The van der Waals surface area contributed by atoms with E-state index in [9.17, 15) is 22.8 Å².